The molecule has 2 aromatic carbocycles. The van der Waals surface area contributed by atoms with E-state index in [1.807, 2.05) is 47.5 Å². The number of aliphatic carboxylic acids is 1. The molecule has 1 heterocycles. The van der Waals surface area contributed by atoms with Gasteiger partial charge in [-0.2, -0.15) is 5.10 Å². The van der Waals surface area contributed by atoms with E-state index in [1.54, 1.807) is 12.1 Å². The fourth-order valence-corrected chi connectivity index (χ4v) is 2.72. The second-order valence-electron chi connectivity index (χ2n) is 5.20. The van der Waals surface area contributed by atoms with E-state index < -0.39 is 5.97 Å². The molecule has 22 heavy (non-hydrogen) atoms. The minimum atomic E-state index is -0.818. The fourth-order valence-electron chi connectivity index (χ4n) is 2.60. The second kappa shape index (κ2) is 6.20. The van der Waals surface area contributed by atoms with Crippen LogP contribution < -0.4 is 5.01 Å². The van der Waals surface area contributed by atoms with Crippen molar-refractivity contribution in [1.82, 2.24) is 0 Å². The summed E-state index contributed by atoms with van der Waals surface area (Å²) in [5, 5.41) is 16.3. The van der Waals surface area contributed by atoms with Gasteiger partial charge in [0.15, 0.2) is 0 Å². The highest BCUT2D eigenvalue weighted by Crippen LogP contribution is 2.27. The highest BCUT2D eigenvalue weighted by atomic mass is 35.5. The summed E-state index contributed by atoms with van der Waals surface area (Å²) in [5.41, 5.74) is 2.67. The molecule has 112 valence electrons. The van der Waals surface area contributed by atoms with Crippen LogP contribution in [0.2, 0.25) is 5.02 Å². The first-order valence-corrected chi connectivity index (χ1v) is 7.40. The first-order chi connectivity index (χ1) is 10.6. The molecule has 4 nitrogen and oxygen atoms in total. The normalized spacial score (nSPS) is 17.4. The van der Waals surface area contributed by atoms with Gasteiger partial charge in [0.05, 0.1) is 24.4 Å². The Morgan fingerprint density at radius 3 is 2.50 bits per heavy atom. The van der Waals surface area contributed by atoms with Crippen LogP contribution in [-0.2, 0) is 4.79 Å². The molecule has 1 aliphatic rings. The third-order valence-corrected chi connectivity index (χ3v) is 3.88. The van der Waals surface area contributed by atoms with Gasteiger partial charge < -0.3 is 5.11 Å². The SMILES string of the molecule is O=C(O)CC1CN(c2ccccc2)N=C1c1ccc(Cl)cc1. The van der Waals surface area contributed by atoms with Crippen LogP contribution >= 0.6 is 11.6 Å². The summed E-state index contributed by atoms with van der Waals surface area (Å²) in [6, 6.07) is 17.1. The van der Waals surface area contributed by atoms with E-state index in [1.165, 1.54) is 0 Å². The molecular weight excluding hydrogens is 300 g/mol. The summed E-state index contributed by atoms with van der Waals surface area (Å²) < 4.78 is 0. The van der Waals surface area contributed by atoms with E-state index in [0.717, 1.165) is 17.0 Å². The van der Waals surface area contributed by atoms with E-state index in [0.29, 0.717) is 11.6 Å². The van der Waals surface area contributed by atoms with E-state index in [4.69, 9.17) is 16.7 Å². The van der Waals surface area contributed by atoms with Gasteiger partial charge >= 0.3 is 5.97 Å². The van der Waals surface area contributed by atoms with Gasteiger partial charge in [-0.15, -0.1) is 0 Å². The average Bonchev–Trinajstić information content (AvgIpc) is 2.92. The number of carboxylic acid groups (broad SMARTS) is 1. The predicted octanol–water partition coefficient (Wildman–Crippen LogP) is 3.66. The predicted molar refractivity (Wildman–Crippen MR) is 87.5 cm³/mol. The lowest BCUT2D eigenvalue weighted by atomic mass is 9.94. The topological polar surface area (TPSA) is 52.9 Å². The van der Waals surface area contributed by atoms with Crippen LogP contribution in [0.15, 0.2) is 59.7 Å². The number of nitrogens with zero attached hydrogens (tertiary/aromatic N) is 2. The van der Waals surface area contributed by atoms with Crippen molar-refractivity contribution in [1.29, 1.82) is 0 Å². The maximum absolute atomic E-state index is 11.1. The Hall–Kier alpha value is -2.33. The maximum Gasteiger partial charge on any atom is 0.304 e. The molecule has 0 saturated heterocycles. The van der Waals surface area contributed by atoms with E-state index in [2.05, 4.69) is 5.10 Å². The summed E-state index contributed by atoms with van der Waals surface area (Å²) in [6.45, 7) is 0.564. The number of carbonyl (C=O) groups is 1. The molecule has 0 radical (unpaired) electrons. The first kappa shape index (κ1) is 14.6. The van der Waals surface area contributed by atoms with Crippen molar-refractivity contribution in [2.24, 2.45) is 11.0 Å². The molecule has 0 fully saturated rings. The number of para-hydroxylation sites is 1. The number of hydrazone groups is 1. The van der Waals surface area contributed by atoms with Crippen molar-refractivity contribution in [3.8, 4) is 0 Å². The average molecular weight is 315 g/mol. The zero-order chi connectivity index (χ0) is 15.5. The van der Waals surface area contributed by atoms with Gasteiger partial charge in [-0.05, 0) is 29.8 Å². The highest BCUT2D eigenvalue weighted by Gasteiger charge is 2.30. The molecule has 1 aliphatic heterocycles. The van der Waals surface area contributed by atoms with Crippen molar-refractivity contribution in [2.75, 3.05) is 11.6 Å². The number of anilines is 1. The molecule has 0 amide bonds. The number of hydrogen-bond acceptors (Lipinski definition) is 3. The molecule has 5 heteroatoms. The van der Waals surface area contributed by atoms with Crippen molar-refractivity contribution < 1.29 is 9.90 Å². The van der Waals surface area contributed by atoms with Gasteiger partial charge in [-0.3, -0.25) is 9.80 Å². The van der Waals surface area contributed by atoms with Gasteiger partial charge in [0.25, 0.3) is 0 Å². The lowest BCUT2D eigenvalue weighted by molar-refractivity contribution is -0.137. The molecule has 2 aromatic rings. The second-order valence-corrected chi connectivity index (χ2v) is 5.64. The van der Waals surface area contributed by atoms with Crippen molar-refractivity contribution in [3.05, 3.63) is 65.2 Å². The number of rotatable bonds is 4. The molecule has 1 unspecified atom stereocenters. The van der Waals surface area contributed by atoms with Crippen molar-refractivity contribution in [2.45, 2.75) is 6.42 Å². The molecule has 1 N–H and O–H groups in total. The van der Waals surface area contributed by atoms with Crippen LogP contribution in [0.5, 0.6) is 0 Å². The van der Waals surface area contributed by atoms with Crippen molar-refractivity contribution >= 4 is 29.0 Å². The Morgan fingerprint density at radius 1 is 1.18 bits per heavy atom. The maximum atomic E-state index is 11.1. The molecule has 0 aliphatic carbocycles. The minimum absolute atomic E-state index is 0.0603. The van der Waals surface area contributed by atoms with Crippen LogP contribution in [0.25, 0.3) is 0 Å². The molecule has 0 saturated carbocycles. The first-order valence-electron chi connectivity index (χ1n) is 7.02. The van der Waals surface area contributed by atoms with Gasteiger partial charge in [0.2, 0.25) is 0 Å². The summed E-state index contributed by atoms with van der Waals surface area (Å²) in [4.78, 5) is 11.1. The monoisotopic (exact) mass is 314 g/mol. The lowest BCUT2D eigenvalue weighted by Crippen LogP contribution is -2.22. The zero-order valence-corrected chi connectivity index (χ0v) is 12.6. The molecule has 1 atom stereocenters. The van der Waals surface area contributed by atoms with E-state index in [9.17, 15) is 4.79 Å². The molecule has 3 rings (SSSR count). The van der Waals surface area contributed by atoms with Crippen LogP contribution in [0.1, 0.15) is 12.0 Å². The van der Waals surface area contributed by atoms with Crippen molar-refractivity contribution in [3.63, 3.8) is 0 Å². The highest BCUT2D eigenvalue weighted by molar-refractivity contribution is 6.30. The fraction of sp³-hybridized carbons (Fsp3) is 0.176. The summed E-state index contributed by atoms with van der Waals surface area (Å²) >= 11 is 5.92. The number of halogens is 1. The zero-order valence-electron chi connectivity index (χ0n) is 11.8. The van der Waals surface area contributed by atoms with E-state index >= 15 is 0 Å². The summed E-state index contributed by atoms with van der Waals surface area (Å²) in [7, 11) is 0. The Bertz CT molecular complexity index is 698. The lowest BCUT2D eigenvalue weighted by Gasteiger charge is -2.15. The van der Waals surface area contributed by atoms with Crippen LogP contribution in [0, 0.1) is 5.92 Å². The number of carboxylic acids is 1. The third-order valence-electron chi connectivity index (χ3n) is 3.62. The van der Waals surface area contributed by atoms with Gasteiger partial charge in [-0.25, -0.2) is 0 Å². The molecule has 0 spiro atoms. The van der Waals surface area contributed by atoms with Crippen LogP contribution in [-0.4, -0.2) is 23.3 Å². The Balaban J connectivity index is 1.94. The van der Waals surface area contributed by atoms with E-state index in [-0.39, 0.29) is 12.3 Å². The number of hydrogen-bond donors (Lipinski definition) is 1. The summed E-state index contributed by atoms with van der Waals surface area (Å²) in [5.74, 6) is -0.958. The standard InChI is InChI=1S/C17H15ClN2O2/c18-14-8-6-12(7-9-14)17-13(10-16(21)22)11-20(19-17)15-4-2-1-3-5-15/h1-9,13H,10-11H2,(H,21,22). The molecular formula is C17H15ClN2O2. The number of benzene rings is 2. The van der Waals surface area contributed by atoms with Crippen LogP contribution in [0.4, 0.5) is 5.69 Å². The smallest absolute Gasteiger partial charge is 0.304 e. The van der Waals surface area contributed by atoms with Gasteiger partial charge in [0, 0.05) is 10.9 Å². The summed E-state index contributed by atoms with van der Waals surface area (Å²) in [6.07, 6.45) is 0.0603. The van der Waals surface area contributed by atoms with Gasteiger partial charge in [0.1, 0.15) is 0 Å². The van der Waals surface area contributed by atoms with Gasteiger partial charge in [-0.1, -0.05) is 41.9 Å². The largest absolute Gasteiger partial charge is 0.481 e. The Kier molecular flexibility index (Phi) is 4.11. The Labute approximate surface area is 133 Å². The molecule has 0 aromatic heterocycles. The quantitative estimate of drug-likeness (QED) is 0.937. The third kappa shape index (κ3) is 3.12. The molecule has 0 bridgehead atoms. The Morgan fingerprint density at radius 2 is 1.86 bits per heavy atom. The van der Waals surface area contributed by atoms with Crippen LogP contribution in [0.3, 0.4) is 0 Å². The minimum Gasteiger partial charge on any atom is -0.481 e.